The van der Waals surface area contributed by atoms with Crippen molar-refractivity contribution in [3.63, 3.8) is 0 Å². The number of anilines is 1. The van der Waals surface area contributed by atoms with Crippen molar-refractivity contribution in [3.8, 4) is 0 Å². The van der Waals surface area contributed by atoms with Crippen LogP contribution in [0.25, 0.3) is 0 Å². The van der Waals surface area contributed by atoms with E-state index < -0.39 is 10.0 Å². The van der Waals surface area contributed by atoms with E-state index in [2.05, 4.69) is 15.2 Å². The summed E-state index contributed by atoms with van der Waals surface area (Å²) in [7, 11) is -2.16. The number of hydrogen-bond acceptors (Lipinski definition) is 4. The van der Waals surface area contributed by atoms with Crippen molar-refractivity contribution in [2.75, 3.05) is 11.4 Å². The number of pyridine rings is 1. The molecule has 2 heterocycles. The molecule has 18 heavy (non-hydrogen) atoms. The summed E-state index contributed by atoms with van der Waals surface area (Å²) in [6.07, 6.45) is 1.55. The Labute approximate surface area is 106 Å². The van der Waals surface area contributed by atoms with Crippen LogP contribution in [0, 0.1) is 13.8 Å². The number of aryl methyl sites for hydroxylation is 2. The summed E-state index contributed by atoms with van der Waals surface area (Å²) in [6, 6.07) is 5.12. The monoisotopic (exact) mass is 266 g/mol. The Morgan fingerprint density at radius 2 is 2.00 bits per heavy atom. The Morgan fingerprint density at radius 3 is 2.50 bits per heavy atom. The molecule has 0 aliphatic heterocycles. The van der Waals surface area contributed by atoms with Crippen molar-refractivity contribution < 1.29 is 8.42 Å². The van der Waals surface area contributed by atoms with Crippen LogP contribution in [0.5, 0.6) is 0 Å². The van der Waals surface area contributed by atoms with Crippen LogP contribution in [0.1, 0.15) is 11.4 Å². The molecule has 0 amide bonds. The van der Waals surface area contributed by atoms with Gasteiger partial charge in [0.25, 0.3) is 10.0 Å². The maximum Gasteiger partial charge on any atom is 0.268 e. The quantitative estimate of drug-likeness (QED) is 0.906. The third-order valence-electron chi connectivity index (χ3n) is 2.65. The van der Waals surface area contributed by atoms with Crippen molar-refractivity contribution in [2.24, 2.45) is 0 Å². The molecule has 7 heteroatoms. The third-order valence-corrected chi connectivity index (χ3v) is 4.68. The molecule has 96 valence electrons. The van der Waals surface area contributed by atoms with Gasteiger partial charge in [-0.1, -0.05) is 6.07 Å². The Hall–Kier alpha value is -1.89. The van der Waals surface area contributed by atoms with Crippen LogP contribution in [0.4, 0.5) is 5.82 Å². The van der Waals surface area contributed by atoms with E-state index in [0.717, 1.165) is 4.31 Å². The molecule has 0 atom stereocenters. The summed E-state index contributed by atoms with van der Waals surface area (Å²) in [5.41, 5.74) is 0.977. The maximum atomic E-state index is 12.5. The summed E-state index contributed by atoms with van der Waals surface area (Å²) in [6.45, 7) is 3.34. The van der Waals surface area contributed by atoms with E-state index in [1.165, 1.54) is 7.05 Å². The van der Waals surface area contributed by atoms with E-state index >= 15 is 0 Å². The molecule has 2 aromatic heterocycles. The average molecular weight is 266 g/mol. The maximum absolute atomic E-state index is 12.5. The fourth-order valence-electron chi connectivity index (χ4n) is 1.72. The summed E-state index contributed by atoms with van der Waals surface area (Å²) in [5.74, 6) is 0.373. The van der Waals surface area contributed by atoms with Crippen LogP contribution >= 0.6 is 0 Å². The summed E-state index contributed by atoms with van der Waals surface area (Å²) in [5, 5.41) is 6.58. The zero-order chi connectivity index (χ0) is 13.3. The lowest BCUT2D eigenvalue weighted by molar-refractivity contribution is 0.593. The molecule has 0 saturated heterocycles. The average Bonchev–Trinajstić information content (AvgIpc) is 2.69. The minimum absolute atomic E-state index is 0.204. The van der Waals surface area contributed by atoms with Crippen molar-refractivity contribution >= 4 is 15.8 Å². The molecule has 2 aromatic rings. The van der Waals surface area contributed by atoms with Gasteiger partial charge in [-0.05, 0) is 26.0 Å². The van der Waals surface area contributed by atoms with Gasteiger partial charge in [-0.2, -0.15) is 5.10 Å². The molecule has 0 spiro atoms. The molecule has 2 rings (SSSR count). The second-order valence-electron chi connectivity index (χ2n) is 3.92. The standard InChI is InChI=1S/C11H14N4O2S/c1-8-11(9(2)14-13-8)18(16,17)15(3)10-6-4-5-7-12-10/h4-7H,1-3H3,(H,13,14). The normalized spacial score (nSPS) is 11.5. The smallest absolute Gasteiger partial charge is 0.268 e. The Kier molecular flexibility index (Phi) is 3.08. The molecule has 0 unspecified atom stereocenters. The first-order valence-electron chi connectivity index (χ1n) is 5.36. The van der Waals surface area contributed by atoms with E-state index in [-0.39, 0.29) is 4.90 Å². The Morgan fingerprint density at radius 1 is 1.28 bits per heavy atom. The zero-order valence-corrected chi connectivity index (χ0v) is 11.2. The molecule has 0 aromatic carbocycles. The van der Waals surface area contributed by atoms with Crippen molar-refractivity contribution in [3.05, 3.63) is 35.8 Å². The predicted molar refractivity (Wildman–Crippen MR) is 67.9 cm³/mol. The number of nitrogens with zero attached hydrogens (tertiary/aromatic N) is 3. The van der Waals surface area contributed by atoms with Gasteiger partial charge in [-0.15, -0.1) is 0 Å². The lowest BCUT2D eigenvalue weighted by atomic mass is 10.4. The minimum Gasteiger partial charge on any atom is -0.281 e. The van der Waals surface area contributed by atoms with Gasteiger partial charge in [0.15, 0.2) is 0 Å². The van der Waals surface area contributed by atoms with Crippen LogP contribution in [0.2, 0.25) is 0 Å². The summed E-state index contributed by atoms with van der Waals surface area (Å²) in [4.78, 5) is 4.23. The molecular weight excluding hydrogens is 252 g/mol. The first-order valence-corrected chi connectivity index (χ1v) is 6.80. The number of H-pyrrole nitrogens is 1. The predicted octanol–water partition coefficient (Wildman–Crippen LogP) is 1.25. The van der Waals surface area contributed by atoms with Gasteiger partial charge in [0.05, 0.1) is 11.4 Å². The zero-order valence-electron chi connectivity index (χ0n) is 10.4. The SMILES string of the molecule is Cc1n[nH]c(C)c1S(=O)(=O)N(C)c1ccccn1. The molecule has 0 radical (unpaired) electrons. The highest BCUT2D eigenvalue weighted by Gasteiger charge is 2.27. The van der Waals surface area contributed by atoms with Gasteiger partial charge in [0.1, 0.15) is 10.7 Å². The van der Waals surface area contributed by atoms with E-state index in [4.69, 9.17) is 0 Å². The van der Waals surface area contributed by atoms with E-state index in [0.29, 0.717) is 17.2 Å². The van der Waals surface area contributed by atoms with Crippen LogP contribution in [0.15, 0.2) is 29.3 Å². The van der Waals surface area contributed by atoms with Gasteiger partial charge in [-0.25, -0.2) is 13.4 Å². The molecule has 0 aliphatic rings. The van der Waals surface area contributed by atoms with Gasteiger partial charge in [0.2, 0.25) is 0 Å². The van der Waals surface area contributed by atoms with Crippen molar-refractivity contribution in [1.29, 1.82) is 0 Å². The van der Waals surface area contributed by atoms with Crippen LogP contribution < -0.4 is 4.31 Å². The van der Waals surface area contributed by atoms with Gasteiger partial charge in [0, 0.05) is 13.2 Å². The first kappa shape index (κ1) is 12.6. The number of nitrogens with one attached hydrogen (secondary N) is 1. The first-order chi connectivity index (χ1) is 8.44. The topological polar surface area (TPSA) is 79.0 Å². The number of aromatic amines is 1. The molecule has 0 bridgehead atoms. The van der Waals surface area contributed by atoms with Crippen LogP contribution in [-0.4, -0.2) is 30.6 Å². The van der Waals surface area contributed by atoms with Crippen molar-refractivity contribution in [1.82, 2.24) is 15.2 Å². The highest BCUT2D eigenvalue weighted by atomic mass is 32.2. The van der Waals surface area contributed by atoms with Crippen LogP contribution in [-0.2, 0) is 10.0 Å². The van der Waals surface area contributed by atoms with Gasteiger partial charge in [-0.3, -0.25) is 9.40 Å². The lowest BCUT2D eigenvalue weighted by Gasteiger charge is -2.18. The Balaban J connectivity index is 2.51. The molecule has 0 aliphatic carbocycles. The number of sulfonamides is 1. The highest BCUT2D eigenvalue weighted by molar-refractivity contribution is 7.92. The lowest BCUT2D eigenvalue weighted by Crippen LogP contribution is -2.28. The third kappa shape index (κ3) is 1.97. The van der Waals surface area contributed by atoms with E-state index in [1.54, 1.807) is 38.2 Å². The number of hydrogen-bond donors (Lipinski definition) is 1. The number of rotatable bonds is 3. The summed E-state index contributed by atoms with van der Waals surface area (Å²) < 4.78 is 26.1. The fourth-order valence-corrected chi connectivity index (χ4v) is 3.20. The molecular formula is C11H14N4O2S. The van der Waals surface area contributed by atoms with Crippen LogP contribution in [0.3, 0.4) is 0 Å². The summed E-state index contributed by atoms with van der Waals surface area (Å²) >= 11 is 0. The second kappa shape index (κ2) is 4.41. The Bertz CT molecular complexity index is 629. The number of aromatic nitrogens is 3. The van der Waals surface area contributed by atoms with Crippen molar-refractivity contribution in [2.45, 2.75) is 18.7 Å². The second-order valence-corrected chi connectivity index (χ2v) is 5.83. The molecule has 0 saturated carbocycles. The van der Waals surface area contributed by atoms with E-state index in [1.807, 2.05) is 0 Å². The molecule has 6 nitrogen and oxygen atoms in total. The van der Waals surface area contributed by atoms with E-state index in [9.17, 15) is 8.42 Å². The van der Waals surface area contributed by atoms with Gasteiger partial charge < -0.3 is 0 Å². The molecule has 1 N–H and O–H groups in total. The fraction of sp³-hybridized carbons (Fsp3) is 0.273. The largest absolute Gasteiger partial charge is 0.281 e. The van der Waals surface area contributed by atoms with Gasteiger partial charge >= 0.3 is 0 Å². The minimum atomic E-state index is -3.63. The highest BCUT2D eigenvalue weighted by Crippen LogP contribution is 2.23. The molecule has 0 fully saturated rings.